The summed E-state index contributed by atoms with van der Waals surface area (Å²) in [5, 5.41) is 7.81. The lowest BCUT2D eigenvalue weighted by Gasteiger charge is -2.18. The highest BCUT2D eigenvalue weighted by Crippen LogP contribution is 2.45. The molecular formula is C43H28S. The lowest BCUT2D eigenvalue weighted by atomic mass is 9.85. The zero-order valence-corrected chi connectivity index (χ0v) is 24.9. The summed E-state index contributed by atoms with van der Waals surface area (Å²) >= 11 is 1.87. The molecule has 206 valence electrons. The zero-order valence-electron chi connectivity index (χ0n) is 24.1. The van der Waals surface area contributed by atoms with Crippen LogP contribution in [0.3, 0.4) is 0 Å². The van der Waals surface area contributed by atoms with E-state index in [1.165, 1.54) is 86.2 Å². The second-order valence-corrected chi connectivity index (χ2v) is 12.7. The molecule has 8 aromatic rings. The third-order valence-electron chi connectivity index (χ3n) is 9.08. The molecule has 7 aromatic carbocycles. The van der Waals surface area contributed by atoms with Gasteiger partial charge in [0.05, 0.1) is 0 Å². The second kappa shape index (κ2) is 10.2. The first-order valence-electron chi connectivity index (χ1n) is 15.3. The monoisotopic (exact) mass is 576 g/mol. The van der Waals surface area contributed by atoms with E-state index in [4.69, 9.17) is 0 Å². The topological polar surface area (TPSA) is 0 Å². The van der Waals surface area contributed by atoms with Crippen LogP contribution in [0.5, 0.6) is 0 Å². The summed E-state index contributed by atoms with van der Waals surface area (Å²) in [6.07, 6.45) is 9.97. The zero-order chi connectivity index (χ0) is 29.0. The van der Waals surface area contributed by atoms with E-state index in [-0.39, 0.29) is 0 Å². The van der Waals surface area contributed by atoms with Crippen molar-refractivity contribution in [1.82, 2.24) is 0 Å². The minimum absolute atomic E-state index is 0.973. The van der Waals surface area contributed by atoms with E-state index in [2.05, 4.69) is 158 Å². The van der Waals surface area contributed by atoms with Gasteiger partial charge < -0.3 is 0 Å². The van der Waals surface area contributed by atoms with Crippen LogP contribution < -0.4 is 0 Å². The molecule has 1 heteroatoms. The Morgan fingerprint density at radius 3 is 1.70 bits per heavy atom. The average Bonchev–Trinajstić information content (AvgIpc) is 3.27. The molecule has 0 spiro atoms. The van der Waals surface area contributed by atoms with Gasteiger partial charge in [-0.1, -0.05) is 140 Å². The van der Waals surface area contributed by atoms with Gasteiger partial charge in [-0.05, 0) is 90.7 Å². The molecule has 1 aliphatic carbocycles. The molecule has 0 radical (unpaired) electrons. The minimum Gasteiger partial charge on any atom is -0.135 e. The Bertz CT molecular complexity index is 2390. The van der Waals surface area contributed by atoms with E-state index in [0.717, 1.165) is 6.42 Å². The van der Waals surface area contributed by atoms with Crippen molar-refractivity contribution in [1.29, 1.82) is 0 Å². The molecule has 0 fully saturated rings. The summed E-state index contributed by atoms with van der Waals surface area (Å²) in [4.78, 5) is 0. The fraction of sp³-hybridized carbons (Fsp3) is 0.0233. The van der Waals surface area contributed by atoms with Gasteiger partial charge in [-0.2, -0.15) is 0 Å². The molecule has 1 heterocycles. The highest BCUT2D eigenvalue weighted by molar-refractivity contribution is 7.25. The predicted molar refractivity (Wildman–Crippen MR) is 193 cm³/mol. The van der Waals surface area contributed by atoms with Gasteiger partial charge in [0, 0.05) is 20.2 Å². The molecule has 44 heavy (non-hydrogen) atoms. The average molecular weight is 577 g/mol. The highest BCUT2D eigenvalue weighted by Gasteiger charge is 2.18. The molecule has 0 aliphatic heterocycles. The van der Waals surface area contributed by atoms with Crippen LogP contribution in [0.25, 0.3) is 87.2 Å². The van der Waals surface area contributed by atoms with Crippen molar-refractivity contribution in [3.8, 4) is 33.4 Å². The number of benzene rings is 7. The summed E-state index contributed by atoms with van der Waals surface area (Å²) in [6.45, 7) is 0. The van der Waals surface area contributed by atoms with Crippen molar-refractivity contribution in [2.24, 2.45) is 0 Å². The molecule has 0 bridgehead atoms. The van der Waals surface area contributed by atoms with Crippen molar-refractivity contribution >= 4 is 65.2 Å². The quantitative estimate of drug-likeness (QED) is 0.184. The van der Waals surface area contributed by atoms with Gasteiger partial charge in [0.2, 0.25) is 0 Å². The second-order valence-electron chi connectivity index (χ2n) is 11.6. The van der Waals surface area contributed by atoms with E-state index < -0.39 is 0 Å². The molecule has 0 unspecified atom stereocenters. The molecule has 1 aliphatic rings. The summed E-state index contributed by atoms with van der Waals surface area (Å²) in [5.74, 6) is 0. The molecule has 0 saturated heterocycles. The number of hydrogen-bond acceptors (Lipinski definition) is 1. The minimum atomic E-state index is 0.973. The lowest BCUT2D eigenvalue weighted by Crippen LogP contribution is -1.91. The van der Waals surface area contributed by atoms with Crippen LogP contribution in [0.15, 0.2) is 146 Å². The molecule has 0 nitrogen and oxygen atoms in total. The van der Waals surface area contributed by atoms with Crippen LogP contribution in [-0.2, 0) is 0 Å². The van der Waals surface area contributed by atoms with Gasteiger partial charge in [-0.15, -0.1) is 11.3 Å². The van der Waals surface area contributed by atoms with Gasteiger partial charge in [0.15, 0.2) is 0 Å². The van der Waals surface area contributed by atoms with Crippen molar-refractivity contribution in [2.75, 3.05) is 0 Å². The Kier molecular flexibility index (Phi) is 5.85. The normalized spacial score (nSPS) is 12.7. The maximum absolute atomic E-state index is 2.41. The van der Waals surface area contributed by atoms with Gasteiger partial charge in [0.1, 0.15) is 0 Å². The summed E-state index contributed by atoms with van der Waals surface area (Å²) in [7, 11) is 0. The maximum atomic E-state index is 2.41. The maximum Gasteiger partial charge on any atom is 0.0355 e. The van der Waals surface area contributed by atoms with Gasteiger partial charge in [0.25, 0.3) is 0 Å². The van der Waals surface area contributed by atoms with Gasteiger partial charge >= 0.3 is 0 Å². The van der Waals surface area contributed by atoms with Crippen molar-refractivity contribution in [3.05, 3.63) is 157 Å². The summed E-state index contributed by atoms with van der Waals surface area (Å²) < 4.78 is 2.68. The first-order chi connectivity index (χ1) is 21.8. The molecule has 0 N–H and O–H groups in total. The van der Waals surface area contributed by atoms with E-state index in [1.807, 2.05) is 11.3 Å². The molecular weight excluding hydrogens is 549 g/mol. The van der Waals surface area contributed by atoms with Crippen LogP contribution in [0.2, 0.25) is 0 Å². The predicted octanol–water partition coefficient (Wildman–Crippen LogP) is 12.8. The molecule has 1 aromatic heterocycles. The molecule has 9 rings (SSSR count). The Labute approximate surface area is 260 Å². The number of allylic oxidation sites excluding steroid dienone is 2. The largest absolute Gasteiger partial charge is 0.135 e. The van der Waals surface area contributed by atoms with E-state index in [0.29, 0.717) is 0 Å². The Morgan fingerprint density at radius 1 is 0.409 bits per heavy atom. The van der Waals surface area contributed by atoms with E-state index >= 15 is 0 Å². The molecule has 0 atom stereocenters. The number of rotatable bonds is 3. The Balaban J connectivity index is 1.25. The van der Waals surface area contributed by atoms with Gasteiger partial charge in [-0.25, -0.2) is 0 Å². The SMILES string of the molecule is C1=Cc2cccc(-c3ccc(-c4c5ccccc5c(-c5ccc6sc7ccccc7c6c5)c5ccccc45)cc3)c2C=CC1. The number of thiophene rings is 1. The number of fused-ring (bicyclic) bond motifs is 6. The fourth-order valence-corrected chi connectivity index (χ4v) is 8.16. The van der Waals surface area contributed by atoms with Crippen LogP contribution in [-0.4, -0.2) is 0 Å². The standard InChI is InChI=1S/C43H28S/c1-2-11-28-12-10-19-33(32(28)13-3-1)29-21-23-30(24-22-29)42-35-15-4-6-17-37(35)43(38-18-7-5-16-36(38)42)31-25-26-41-39(27-31)34-14-8-9-20-40(34)44-41/h2-27H,1H2. The van der Waals surface area contributed by atoms with Crippen molar-refractivity contribution in [3.63, 3.8) is 0 Å². The highest BCUT2D eigenvalue weighted by atomic mass is 32.1. The summed E-state index contributed by atoms with van der Waals surface area (Å²) in [5.41, 5.74) is 10.2. The Morgan fingerprint density at radius 2 is 0.977 bits per heavy atom. The third-order valence-corrected chi connectivity index (χ3v) is 10.2. The fourth-order valence-electron chi connectivity index (χ4n) is 7.07. The first kappa shape index (κ1) is 25.3. The first-order valence-corrected chi connectivity index (χ1v) is 16.1. The third kappa shape index (κ3) is 3.97. The van der Waals surface area contributed by atoms with E-state index in [9.17, 15) is 0 Å². The van der Waals surface area contributed by atoms with Crippen LogP contribution >= 0.6 is 11.3 Å². The van der Waals surface area contributed by atoms with Gasteiger partial charge in [-0.3, -0.25) is 0 Å². The molecule has 0 amide bonds. The summed E-state index contributed by atoms with van der Waals surface area (Å²) in [6, 6.07) is 49.5. The smallest absolute Gasteiger partial charge is 0.0355 e. The van der Waals surface area contributed by atoms with Crippen LogP contribution in [0.1, 0.15) is 17.5 Å². The Hall–Kier alpha value is -5.24. The van der Waals surface area contributed by atoms with Crippen LogP contribution in [0.4, 0.5) is 0 Å². The van der Waals surface area contributed by atoms with Crippen LogP contribution in [0, 0.1) is 0 Å². The van der Waals surface area contributed by atoms with Crippen molar-refractivity contribution < 1.29 is 0 Å². The number of hydrogen-bond donors (Lipinski definition) is 0. The van der Waals surface area contributed by atoms with Crippen molar-refractivity contribution in [2.45, 2.75) is 6.42 Å². The van der Waals surface area contributed by atoms with E-state index in [1.54, 1.807) is 0 Å². The lowest BCUT2D eigenvalue weighted by molar-refractivity contribution is 1.44. The molecule has 0 saturated carbocycles.